The summed E-state index contributed by atoms with van der Waals surface area (Å²) in [5.74, 6) is 1.36. The van der Waals surface area contributed by atoms with Crippen LogP contribution in [0.25, 0.3) is 6.08 Å². The van der Waals surface area contributed by atoms with Gasteiger partial charge in [0.25, 0.3) is 0 Å². The maximum atomic E-state index is 13.0. The monoisotopic (exact) mass is 533 g/mol. The number of carbonyl (C=O) groups is 1. The Labute approximate surface area is 218 Å². The molecule has 0 saturated carbocycles. The Morgan fingerprint density at radius 3 is 2.11 bits per heavy atom. The molecule has 1 saturated heterocycles. The minimum atomic E-state index is -3.68. The minimum absolute atomic E-state index is 0.179. The molecule has 1 fully saturated rings. The molecule has 0 bridgehead atoms. The number of methoxy groups -OCH3 is 4. The zero-order valence-electron chi connectivity index (χ0n) is 21.9. The summed E-state index contributed by atoms with van der Waals surface area (Å²) in [7, 11) is 4.36. The number of anilines is 1. The van der Waals surface area contributed by atoms with E-state index >= 15 is 0 Å². The van der Waals surface area contributed by atoms with Crippen LogP contribution in [0.2, 0.25) is 0 Å². The summed E-state index contributed by atoms with van der Waals surface area (Å²) in [6.45, 7) is 3.70. The fraction of sp³-hybridized carbons (Fsp3) is 0.423. The predicted octanol–water partition coefficient (Wildman–Crippen LogP) is 2.49. The number of hydrogen-bond donors (Lipinski definition) is 1. The summed E-state index contributed by atoms with van der Waals surface area (Å²) in [6.07, 6.45) is 1.44. The fourth-order valence-corrected chi connectivity index (χ4v) is 5.07. The van der Waals surface area contributed by atoms with Gasteiger partial charge in [-0.3, -0.25) is 9.69 Å². The number of ether oxygens (including phenoxy) is 4. The van der Waals surface area contributed by atoms with Crippen LogP contribution in [-0.4, -0.2) is 92.3 Å². The number of nitrogens with one attached hydrogen (secondary N) is 1. The highest BCUT2D eigenvalue weighted by atomic mass is 32.2. The molecule has 0 atom stereocenters. The third-order valence-corrected chi connectivity index (χ3v) is 7.35. The molecule has 0 radical (unpaired) electrons. The van der Waals surface area contributed by atoms with Crippen molar-refractivity contribution in [2.75, 3.05) is 73.5 Å². The molecule has 1 aliphatic rings. The van der Waals surface area contributed by atoms with Crippen molar-refractivity contribution in [3.8, 4) is 23.0 Å². The van der Waals surface area contributed by atoms with Gasteiger partial charge in [0, 0.05) is 43.7 Å². The summed E-state index contributed by atoms with van der Waals surface area (Å²) in [4.78, 5) is 17.0. The number of sulfone groups is 1. The molecule has 0 unspecified atom stereocenters. The molecule has 0 spiro atoms. The third-order valence-electron chi connectivity index (χ3n) is 6.06. The van der Waals surface area contributed by atoms with E-state index in [-0.39, 0.29) is 18.2 Å². The van der Waals surface area contributed by atoms with Gasteiger partial charge in [-0.15, -0.1) is 0 Å². The summed E-state index contributed by atoms with van der Waals surface area (Å²) in [5.41, 5.74) is 1.41. The molecular weight excluding hydrogens is 498 g/mol. The lowest BCUT2D eigenvalue weighted by Crippen LogP contribution is -2.47. The van der Waals surface area contributed by atoms with Gasteiger partial charge in [0.2, 0.25) is 5.91 Å². The van der Waals surface area contributed by atoms with Gasteiger partial charge < -0.3 is 29.2 Å². The lowest BCUT2D eigenvalue weighted by Gasteiger charge is -2.31. The van der Waals surface area contributed by atoms with Crippen LogP contribution in [0.4, 0.5) is 5.69 Å². The molecule has 10 nitrogen and oxygen atoms in total. The molecule has 0 aromatic heterocycles. The van der Waals surface area contributed by atoms with E-state index in [1.54, 1.807) is 30.3 Å². The smallest absolute Gasteiger partial charge is 0.238 e. The number of piperazine rings is 1. The molecule has 1 N–H and O–H groups in total. The van der Waals surface area contributed by atoms with Crippen molar-refractivity contribution in [2.45, 2.75) is 5.75 Å². The maximum Gasteiger partial charge on any atom is 0.238 e. The Balaban J connectivity index is 1.75. The van der Waals surface area contributed by atoms with Crippen molar-refractivity contribution >= 4 is 27.5 Å². The summed E-state index contributed by atoms with van der Waals surface area (Å²) >= 11 is 0. The summed E-state index contributed by atoms with van der Waals surface area (Å²) < 4.78 is 47.3. The first kappa shape index (κ1) is 28.3. The van der Waals surface area contributed by atoms with Crippen LogP contribution in [0.5, 0.6) is 23.0 Å². The van der Waals surface area contributed by atoms with E-state index in [0.29, 0.717) is 39.8 Å². The number of carbonyl (C=O) groups excluding carboxylic acids is 1. The first-order chi connectivity index (χ1) is 17.7. The SMILES string of the molecule is COc1cc(OC)c(/C=C\S(=O)(=O)Cc2ccc(OC)c(NC(=O)CN3CCN(C)CC3)c2)c(OC)c1. The van der Waals surface area contributed by atoms with Crippen LogP contribution < -0.4 is 24.3 Å². The van der Waals surface area contributed by atoms with Crippen LogP contribution >= 0.6 is 0 Å². The number of hydrogen-bond acceptors (Lipinski definition) is 9. The highest BCUT2D eigenvalue weighted by molar-refractivity contribution is 7.93. The highest BCUT2D eigenvalue weighted by Gasteiger charge is 2.19. The van der Waals surface area contributed by atoms with Crippen LogP contribution in [0.1, 0.15) is 11.1 Å². The normalized spacial score (nSPS) is 14.9. The van der Waals surface area contributed by atoms with E-state index in [2.05, 4.69) is 22.2 Å². The average molecular weight is 534 g/mol. The lowest BCUT2D eigenvalue weighted by molar-refractivity contribution is -0.117. The van der Waals surface area contributed by atoms with Crippen LogP contribution in [0.3, 0.4) is 0 Å². The van der Waals surface area contributed by atoms with Gasteiger partial charge in [-0.25, -0.2) is 8.42 Å². The van der Waals surface area contributed by atoms with Gasteiger partial charge in [0.15, 0.2) is 9.84 Å². The van der Waals surface area contributed by atoms with Gasteiger partial charge in [-0.2, -0.15) is 0 Å². The maximum absolute atomic E-state index is 13.0. The van der Waals surface area contributed by atoms with Gasteiger partial charge in [0.05, 0.1) is 52.0 Å². The first-order valence-electron chi connectivity index (χ1n) is 11.8. The van der Waals surface area contributed by atoms with E-state index < -0.39 is 9.84 Å². The molecule has 0 aliphatic carbocycles. The van der Waals surface area contributed by atoms with Crippen molar-refractivity contribution < 1.29 is 32.2 Å². The second-order valence-electron chi connectivity index (χ2n) is 8.72. The molecule has 202 valence electrons. The van der Waals surface area contributed by atoms with Crippen LogP contribution in [0, 0.1) is 0 Å². The molecule has 1 amide bonds. The van der Waals surface area contributed by atoms with Crippen LogP contribution in [-0.2, 0) is 20.4 Å². The molecule has 3 rings (SSSR count). The predicted molar refractivity (Wildman–Crippen MR) is 143 cm³/mol. The zero-order valence-corrected chi connectivity index (χ0v) is 22.8. The largest absolute Gasteiger partial charge is 0.496 e. The van der Waals surface area contributed by atoms with Gasteiger partial charge in [-0.05, 0) is 30.8 Å². The second kappa shape index (κ2) is 12.8. The third kappa shape index (κ3) is 7.85. The van der Waals surface area contributed by atoms with E-state index in [4.69, 9.17) is 18.9 Å². The quantitative estimate of drug-likeness (QED) is 0.466. The molecular formula is C26H35N3O7S. The number of rotatable bonds is 11. The summed E-state index contributed by atoms with van der Waals surface area (Å²) in [5, 5.41) is 3.99. The minimum Gasteiger partial charge on any atom is -0.496 e. The molecule has 1 aliphatic heterocycles. The van der Waals surface area contributed by atoms with Crippen molar-refractivity contribution in [3.05, 3.63) is 46.9 Å². The molecule has 37 heavy (non-hydrogen) atoms. The Bertz CT molecular complexity index is 1200. The van der Waals surface area contributed by atoms with E-state index in [0.717, 1.165) is 31.6 Å². The second-order valence-corrected chi connectivity index (χ2v) is 10.6. The Morgan fingerprint density at radius 2 is 1.54 bits per heavy atom. The summed E-state index contributed by atoms with van der Waals surface area (Å²) in [6, 6.07) is 8.23. The number of nitrogens with zero attached hydrogens (tertiary/aromatic N) is 2. The zero-order chi connectivity index (χ0) is 27.0. The molecule has 2 aromatic carbocycles. The Kier molecular flexibility index (Phi) is 9.79. The number of likely N-dealkylation sites (N-methyl/N-ethyl adjacent to an activating group) is 1. The Hall–Kier alpha value is -3.28. The van der Waals surface area contributed by atoms with Gasteiger partial charge in [0.1, 0.15) is 23.0 Å². The van der Waals surface area contributed by atoms with Crippen LogP contribution in [0.15, 0.2) is 35.7 Å². The van der Waals surface area contributed by atoms with E-state index in [1.165, 1.54) is 34.5 Å². The first-order valence-corrected chi connectivity index (χ1v) is 13.5. The number of amides is 1. The van der Waals surface area contributed by atoms with Gasteiger partial charge >= 0.3 is 0 Å². The van der Waals surface area contributed by atoms with Crippen molar-refractivity contribution in [1.29, 1.82) is 0 Å². The standard InChI is InChI=1S/C26H35N3O7S/c1-28-9-11-29(12-10-28)17-26(30)27-22-14-19(6-7-23(22)34-3)18-37(31,32)13-8-21-24(35-4)15-20(33-2)16-25(21)36-5/h6-8,13-16H,9-12,17-18H2,1-5H3,(H,27,30)/b13-8-. The number of benzene rings is 2. The average Bonchev–Trinajstić information content (AvgIpc) is 2.88. The molecule has 1 heterocycles. The Morgan fingerprint density at radius 1 is 0.919 bits per heavy atom. The highest BCUT2D eigenvalue weighted by Crippen LogP contribution is 2.35. The van der Waals surface area contributed by atoms with Crippen molar-refractivity contribution in [1.82, 2.24) is 9.80 Å². The topological polar surface area (TPSA) is 107 Å². The van der Waals surface area contributed by atoms with Crippen molar-refractivity contribution in [2.24, 2.45) is 0 Å². The van der Waals surface area contributed by atoms with E-state index in [9.17, 15) is 13.2 Å². The van der Waals surface area contributed by atoms with Gasteiger partial charge in [-0.1, -0.05) is 6.07 Å². The lowest BCUT2D eigenvalue weighted by atomic mass is 10.1. The molecule has 2 aromatic rings. The van der Waals surface area contributed by atoms with E-state index in [1.807, 2.05) is 0 Å². The fourth-order valence-electron chi connectivity index (χ4n) is 3.99. The van der Waals surface area contributed by atoms with Crippen molar-refractivity contribution in [3.63, 3.8) is 0 Å². The molecule has 11 heteroatoms.